The number of amides is 1. The summed E-state index contributed by atoms with van der Waals surface area (Å²) in [4.78, 5) is 19.9. The van der Waals surface area contributed by atoms with E-state index in [1.54, 1.807) is 6.20 Å². The van der Waals surface area contributed by atoms with Crippen molar-refractivity contribution >= 4 is 46.7 Å². The third kappa shape index (κ3) is 8.51. The van der Waals surface area contributed by atoms with Crippen molar-refractivity contribution in [3.8, 4) is 11.1 Å². The molecule has 0 aliphatic heterocycles. The number of thioether (sulfide) groups is 1. The van der Waals surface area contributed by atoms with Gasteiger partial charge in [-0.15, -0.1) is 23.4 Å². The van der Waals surface area contributed by atoms with Gasteiger partial charge in [-0.25, -0.2) is 9.37 Å². The van der Waals surface area contributed by atoms with Crippen molar-refractivity contribution in [1.82, 2.24) is 15.2 Å². The van der Waals surface area contributed by atoms with Crippen molar-refractivity contribution < 1.29 is 9.18 Å². The summed E-state index contributed by atoms with van der Waals surface area (Å²) in [6.45, 7) is 9.58. The van der Waals surface area contributed by atoms with Crippen LogP contribution in [0.4, 0.5) is 10.2 Å². The van der Waals surface area contributed by atoms with E-state index < -0.39 is 0 Å². The van der Waals surface area contributed by atoms with Gasteiger partial charge < -0.3 is 16.0 Å². The summed E-state index contributed by atoms with van der Waals surface area (Å²) in [7, 11) is 0. The number of carbonyl (C=O) groups is 1. The highest BCUT2D eigenvalue weighted by Gasteiger charge is 2.19. The summed E-state index contributed by atoms with van der Waals surface area (Å²) in [5, 5.41) is 3.59. The molecule has 1 aliphatic rings. The first-order chi connectivity index (χ1) is 17.3. The Balaban J connectivity index is 0.00000222. The van der Waals surface area contributed by atoms with E-state index in [1.165, 1.54) is 24.2 Å². The molecule has 0 bridgehead atoms. The van der Waals surface area contributed by atoms with E-state index in [4.69, 9.17) is 17.3 Å². The van der Waals surface area contributed by atoms with Crippen LogP contribution in [0.15, 0.2) is 63.9 Å². The number of nitrogens with two attached hydrogens (primary N) is 1. The van der Waals surface area contributed by atoms with Crippen molar-refractivity contribution in [3.63, 3.8) is 0 Å². The van der Waals surface area contributed by atoms with Gasteiger partial charge >= 0.3 is 0 Å². The molecule has 1 unspecified atom stereocenters. The minimum absolute atomic E-state index is 0.0692. The number of rotatable bonds is 10. The van der Waals surface area contributed by atoms with E-state index >= 15 is 0 Å². The summed E-state index contributed by atoms with van der Waals surface area (Å²) in [5.41, 5.74) is 9.36. The molecule has 0 spiro atoms. The zero-order valence-corrected chi connectivity index (χ0v) is 23.6. The topological polar surface area (TPSA) is 71.2 Å². The molecule has 0 saturated heterocycles. The molecular weight excluding hydrogens is 518 g/mol. The molecule has 3 N–H and O–H groups in total. The van der Waals surface area contributed by atoms with Crippen molar-refractivity contribution in [1.29, 1.82) is 0 Å². The minimum Gasteiger partial charge on any atom is -0.383 e. The number of alkyl halides is 1. The Morgan fingerprint density at radius 1 is 1.19 bits per heavy atom. The maximum absolute atomic E-state index is 13.8. The number of likely N-dealkylation sites (N-methyl/N-ethyl adjacent to an activating group) is 1. The summed E-state index contributed by atoms with van der Waals surface area (Å²) >= 11 is 12.5. The van der Waals surface area contributed by atoms with Gasteiger partial charge in [-0.1, -0.05) is 37.6 Å². The number of halogens is 3. The molecule has 2 aromatic rings. The van der Waals surface area contributed by atoms with Crippen molar-refractivity contribution in [3.05, 3.63) is 64.6 Å². The highest BCUT2D eigenvalue weighted by Crippen LogP contribution is 2.38. The second-order valence-electron chi connectivity index (χ2n) is 8.18. The van der Waals surface area contributed by atoms with E-state index in [-0.39, 0.29) is 17.0 Å². The lowest BCUT2D eigenvalue weighted by Crippen LogP contribution is -2.34. The zero-order chi connectivity index (χ0) is 26.7. The molecule has 36 heavy (non-hydrogen) atoms. The van der Waals surface area contributed by atoms with Gasteiger partial charge in [-0.3, -0.25) is 4.79 Å². The van der Waals surface area contributed by atoms with Gasteiger partial charge in [-0.05, 0) is 61.8 Å². The average Bonchev–Trinajstić information content (AvgIpc) is 2.90. The summed E-state index contributed by atoms with van der Waals surface area (Å²) in [6.07, 6.45) is 5.59. The van der Waals surface area contributed by atoms with Gasteiger partial charge in [0.25, 0.3) is 5.91 Å². The predicted octanol–water partition coefficient (Wildman–Crippen LogP) is 6.88. The molecule has 1 aliphatic carbocycles. The van der Waals surface area contributed by atoms with Crippen LogP contribution < -0.4 is 11.1 Å². The standard InChI is InChI=1S/C26H32ClFN4OS.CH3Cl/c1-4-32(5-2)13-12-30-26(33)19-8-6-18(7-9-19)20-14-24(25(29)31-16-20)34-17(3)22-15-21(28)10-11-23(22)27;1-2/h6-9,14-17H,4-5,10-13H2,1-3H3,(H2,29,31)(H,30,33);1H3. The van der Waals surface area contributed by atoms with Crippen LogP contribution in [-0.2, 0) is 0 Å². The zero-order valence-electron chi connectivity index (χ0n) is 21.3. The minimum atomic E-state index is -0.149. The molecule has 3 rings (SSSR count). The predicted molar refractivity (Wildman–Crippen MR) is 153 cm³/mol. The lowest BCUT2D eigenvalue weighted by Gasteiger charge is -2.19. The highest BCUT2D eigenvalue weighted by atomic mass is 35.5. The van der Waals surface area contributed by atoms with Gasteiger partial charge in [0.05, 0.1) is 4.90 Å². The van der Waals surface area contributed by atoms with E-state index in [1.807, 2.05) is 37.3 Å². The number of anilines is 1. The second kappa shape index (κ2) is 15.3. The van der Waals surface area contributed by atoms with E-state index in [9.17, 15) is 9.18 Å². The Bertz CT molecular complexity index is 1070. The Hall–Kier alpha value is -2.06. The Labute approximate surface area is 228 Å². The molecule has 1 aromatic heterocycles. The lowest BCUT2D eigenvalue weighted by molar-refractivity contribution is 0.0949. The van der Waals surface area contributed by atoms with Crippen LogP contribution in [-0.4, -0.2) is 53.6 Å². The van der Waals surface area contributed by atoms with Gasteiger partial charge in [0.1, 0.15) is 11.6 Å². The number of benzene rings is 1. The third-order valence-electron chi connectivity index (χ3n) is 5.92. The molecule has 1 atom stereocenters. The van der Waals surface area contributed by atoms with Crippen LogP contribution in [0.25, 0.3) is 11.1 Å². The molecule has 0 saturated carbocycles. The Morgan fingerprint density at radius 2 is 1.86 bits per heavy atom. The first-order valence-electron chi connectivity index (χ1n) is 12.0. The number of carbonyl (C=O) groups excluding carboxylic acids is 1. The number of pyridine rings is 1. The van der Waals surface area contributed by atoms with Crippen LogP contribution >= 0.6 is 35.0 Å². The number of aromatic nitrogens is 1. The largest absolute Gasteiger partial charge is 0.383 e. The van der Waals surface area contributed by atoms with Gasteiger partial charge in [-0.2, -0.15) is 0 Å². The molecule has 9 heteroatoms. The summed E-state index contributed by atoms with van der Waals surface area (Å²) in [5.74, 6) is 0.183. The highest BCUT2D eigenvalue weighted by molar-refractivity contribution is 8.00. The van der Waals surface area contributed by atoms with E-state index in [0.717, 1.165) is 41.2 Å². The number of hydrogen-bond acceptors (Lipinski definition) is 5. The van der Waals surface area contributed by atoms with Crippen molar-refractivity contribution in [2.75, 3.05) is 38.3 Å². The fourth-order valence-corrected chi connectivity index (χ4v) is 5.24. The fraction of sp³-hybridized carbons (Fsp3) is 0.407. The summed E-state index contributed by atoms with van der Waals surface area (Å²) < 4.78 is 13.8. The molecular formula is C27H35Cl2FN4OS. The van der Waals surface area contributed by atoms with Gasteiger partial charge in [0.15, 0.2) is 0 Å². The number of hydrogen-bond donors (Lipinski definition) is 2. The molecule has 0 fully saturated rings. The smallest absolute Gasteiger partial charge is 0.251 e. The Kier molecular flexibility index (Phi) is 12.8. The maximum Gasteiger partial charge on any atom is 0.251 e. The lowest BCUT2D eigenvalue weighted by atomic mass is 10.0. The van der Waals surface area contributed by atoms with Gasteiger partial charge in [0.2, 0.25) is 0 Å². The monoisotopic (exact) mass is 552 g/mol. The Morgan fingerprint density at radius 3 is 2.50 bits per heavy atom. The van der Waals surface area contributed by atoms with Crippen LogP contribution in [0, 0.1) is 0 Å². The molecule has 0 radical (unpaired) electrons. The molecule has 5 nitrogen and oxygen atoms in total. The van der Waals surface area contributed by atoms with Crippen molar-refractivity contribution in [2.45, 2.75) is 43.8 Å². The quantitative estimate of drug-likeness (QED) is 0.248. The first kappa shape index (κ1) is 30.2. The van der Waals surface area contributed by atoms with E-state index in [0.29, 0.717) is 35.8 Å². The maximum atomic E-state index is 13.8. The molecule has 1 amide bonds. The van der Waals surface area contributed by atoms with Crippen LogP contribution in [0.2, 0.25) is 0 Å². The molecule has 1 aromatic carbocycles. The number of nitrogens with one attached hydrogen (secondary N) is 1. The van der Waals surface area contributed by atoms with Crippen LogP contribution in [0.5, 0.6) is 0 Å². The van der Waals surface area contributed by atoms with Crippen LogP contribution in [0.1, 0.15) is 44.0 Å². The average molecular weight is 554 g/mol. The van der Waals surface area contributed by atoms with Crippen LogP contribution in [0.3, 0.4) is 0 Å². The van der Waals surface area contributed by atoms with Crippen molar-refractivity contribution in [2.24, 2.45) is 0 Å². The first-order valence-corrected chi connectivity index (χ1v) is 14.0. The fourth-order valence-electron chi connectivity index (χ4n) is 3.78. The number of nitrogen functional groups attached to an aromatic ring is 1. The molecule has 1 heterocycles. The third-order valence-corrected chi connectivity index (χ3v) is 7.52. The number of allylic oxidation sites excluding steroid dienone is 3. The summed E-state index contributed by atoms with van der Waals surface area (Å²) in [6, 6.07) is 9.41. The second-order valence-corrected chi connectivity index (χ2v) is 10.0. The SMILES string of the molecule is CCN(CC)CCNC(=O)c1ccc(-c2cnc(N)c(SC(C)C3=C(Cl)CCC(F)=C3)c2)cc1.CCl. The normalized spacial score (nSPS) is 14.2. The van der Waals surface area contributed by atoms with E-state index in [2.05, 4.69) is 40.6 Å². The molecule has 196 valence electrons. The number of nitrogens with zero attached hydrogens (tertiary/aromatic N) is 2. The van der Waals surface area contributed by atoms with Gasteiger partial charge in [0, 0.05) is 53.5 Å².